The maximum atomic E-state index is 14.0. The molecule has 1 aromatic carbocycles. The summed E-state index contributed by atoms with van der Waals surface area (Å²) in [6, 6.07) is 4.47. The minimum atomic E-state index is -0.634. The zero-order valence-corrected chi connectivity index (χ0v) is 20.1. The minimum absolute atomic E-state index is 0.175. The number of hydrogen-bond donors (Lipinski definition) is 2. The number of amides is 1. The molecule has 0 fully saturated rings. The van der Waals surface area contributed by atoms with Crippen molar-refractivity contribution in [3.63, 3.8) is 0 Å². The van der Waals surface area contributed by atoms with Crippen molar-refractivity contribution >= 4 is 22.5 Å². The van der Waals surface area contributed by atoms with Crippen molar-refractivity contribution in [2.24, 2.45) is 5.92 Å². The van der Waals surface area contributed by atoms with Crippen LogP contribution in [0.3, 0.4) is 0 Å². The fourth-order valence-corrected chi connectivity index (χ4v) is 5.72. The van der Waals surface area contributed by atoms with Gasteiger partial charge in [0.1, 0.15) is 5.69 Å². The van der Waals surface area contributed by atoms with Gasteiger partial charge in [0, 0.05) is 56.8 Å². The highest BCUT2D eigenvalue weighted by Gasteiger charge is 2.50. The number of fused-ring (bicyclic) bond motifs is 6. The smallest absolute Gasteiger partial charge is 0.237 e. The highest BCUT2D eigenvalue weighted by Crippen LogP contribution is 2.49. The van der Waals surface area contributed by atoms with E-state index in [-0.39, 0.29) is 5.91 Å². The van der Waals surface area contributed by atoms with Gasteiger partial charge >= 0.3 is 0 Å². The number of carbonyl (C=O) groups is 1. The first-order valence-corrected chi connectivity index (χ1v) is 12.0. The van der Waals surface area contributed by atoms with Gasteiger partial charge in [-0.15, -0.1) is 0 Å². The molecular formula is C26H34N4O3. The number of hydrogen-bond acceptors (Lipinski definition) is 4. The number of aromatic nitrogens is 3. The molecule has 0 saturated carbocycles. The van der Waals surface area contributed by atoms with Crippen molar-refractivity contribution in [1.82, 2.24) is 15.2 Å². The fraction of sp³-hybridized carbons (Fsp3) is 0.538. The number of H-pyrrole nitrogens is 2. The summed E-state index contributed by atoms with van der Waals surface area (Å²) in [6.07, 6.45) is 6.41. The summed E-state index contributed by atoms with van der Waals surface area (Å²) in [6.45, 7) is 6.09. The molecule has 1 aliphatic carbocycles. The molecule has 176 valence electrons. The van der Waals surface area contributed by atoms with E-state index in [1.165, 1.54) is 16.5 Å². The Bertz CT molecular complexity index is 1170. The monoisotopic (exact) mass is 450 g/mol. The number of nitrogens with one attached hydrogen (secondary N) is 2. The molecule has 1 amide bonds. The molecule has 2 aromatic heterocycles. The molecule has 7 heteroatoms. The van der Waals surface area contributed by atoms with Crippen LogP contribution in [0.5, 0.6) is 0 Å². The lowest BCUT2D eigenvalue weighted by Crippen LogP contribution is -2.43. The Morgan fingerprint density at radius 2 is 1.91 bits per heavy atom. The molecule has 7 nitrogen and oxygen atoms in total. The van der Waals surface area contributed by atoms with Gasteiger partial charge in [0.2, 0.25) is 5.91 Å². The molecule has 1 aliphatic heterocycles. The fourth-order valence-electron chi connectivity index (χ4n) is 5.72. The Kier molecular flexibility index (Phi) is 5.79. The molecule has 0 spiro atoms. The van der Waals surface area contributed by atoms with Gasteiger partial charge in [-0.1, -0.05) is 13.8 Å². The van der Waals surface area contributed by atoms with E-state index >= 15 is 0 Å². The topological polar surface area (TPSA) is 83.2 Å². The quantitative estimate of drug-likeness (QED) is 0.534. The minimum Gasteiger partial charge on any atom is -0.385 e. The van der Waals surface area contributed by atoms with Crippen LogP contribution >= 0.6 is 0 Å². The van der Waals surface area contributed by atoms with E-state index in [2.05, 4.69) is 41.2 Å². The van der Waals surface area contributed by atoms with Gasteiger partial charge in [0.05, 0.1) is 11.1 Å². The van der Waals surface area contributed by atoms with Crippen molar-refractivity contribution in [2.45, 2.75) is 51.4 Å². The van der Waals surface area contributed by atoms with Crippen molar-refractivity contribution in [1.29, 1.82) is 0 Å². The number of carbonyl (C=O) groups excluding carboxylic acids is 1. The van der Waals surface area contributed by atoms with Gasteiger partial charge in [0.25, 0.3) is 0 Å². The summed E-state index contributed by atoms with van der Waals surface area (Å²) in [4.78, 5) is 19.7. The lowest BCUT2D eigenvalue weighted by molar-refractivity contribution is -0.124. The predicted molar refractivity (Wildman–Crippen MR) is 130 cm³/mol. The number of aryl methyl sites for hydroxylation is 2. The Morgan fingerprint density at radius 1 is 1.15 bits per heavy atom. The van der Waals surface area contributed by atoms with Gasteiger partial charge in [-0.05, 0) is 66.8 Å². The maximum absolute atomic E-state index is 14.0. The van der Waals surface area contributed by atoms with Crippen LogP contribution in [0.4, 0.5) is 5.69 Å². The van der Waals surface area contributed by atoms with Gasteiger partial charge in [0.15, 0.2) is 0 Å². The average molecular weight is 451 g/mol. The Balaban J connectivity index is 1.72. The van der Waals surface area contributed by atoms with Gasteiger partial charge in [-0.2, -0.15) is 5.10 Å². The number of aromatic amines is 2. The third-order valence-electron chi connectivity index (χ3n) is 7.33. The number of ether oxygens (including phenoxy) is 2. The lowest BCUT2D eigenvalue weighted by atomic mass is 9.76. The molecule has 5 rings (SSSR count). The van der Waals surface area contributed by atoms with E-state index in [4.69, 9.17) is 9.47 Å². The van der Waals surface area contributed by atoms with Crippen LogP contribution in [0.2, 0.25) is 0 Å². The van der Waals surface area contributed by atoms with Crippen LogP contribution in [-0.2, 0) is 32.5 Å². The van der Waals surface area contributed by atoms with Crippen LogP contribution in [0.1, 0.15) is 49.8 Å². The second-order valence-electron chi connectivity index (χ2n) is 9.88. The average Bonchev–Trinajstić information content (AvgIpc) is 3.42. The molecule has 0 atom stereocenters. The second kappa shape index (κ2) is 8.61. The molecular weight excluding hydrogens is 416 g/mol. The molecule has 2 N–H and O–H groups in total. The molecule has 33 heavy (non-hydrogen) atoms. The summed E-state index contributed by atoms with van der Waals surface area (Å²) in [5.41, 5.74) is 7.29. The molecule has 3 heterocycles. The van der Waals surface area contributed by atoms with Crippen molar-refractivity contribution in [3.8, 4) is 11.4 Å². The SMILES string of the molecule is COCCC1(CCOC)C(=O)N(CC(C)C)c2cc3c4c([nH]c3cc21)-c1n[nH]cc1CCC4. The van der Waals surface area contributed by atoms with Crippen molar-refractivity contribution < 1.29 is 14.3 Å². The summed E-state index contributed by atoms with van der Waals surface area (Å²) in [7, 11) is 3.39. The number of benzene rings is 1. The Labute approximate surface area is 194 Å². The number of methoxy groups -OCH3 is 2. The van der Waals surface area contributed by atoms with Crippen molar-refractivity contribution in [2.75, 3.05) is 38.9 Å². The van der Waals surface area contributed by atoms with Crippen LogP contribution in [0.15, 0.2) is 18.3 Å². The van der Waals surface area contributed by atoms with E-state index in [1.54, 1.807) is 14.2 Å². The van der Waals surface area contributed by atoms with E-state index in [9.17, 15) is 4.79 Å². The summed E-state index contributed by atoms with van der Waals surface area (Å²) in [5.74, 6) is 0.543. The first-order valence-electron chi connectivity index (χ1n) is 12.0. The van der Waals surface area contributed by atoms with Crippen LogP contribution in [-0.4, -0.2) is 55.1 Å². The van der Waals surface area contributed by atoms with E-state index in [0.29, 0.717) is 38.5 Å². The molecule has 0 saturated heterocycles. The van der Waals surface area contributed by atoms with E-state index < -0.39 is 5.41 Å². The first kappa shape index (κ1) is 22.2. The Morgan fingerprint density at radius 3 is 2.61 bits per heavy atom. The van der Waals surface area contributed by atoms with Gasteiger partial charge in [-0.3, -0.25) is 9.89 Å². The largest absolute Gasteiger partial charge is 0.385 e. The summed E-state index contributed by atoms with van der Waals surface area (Å²) >= 11 is 0. The zero-order valence-electron chi connectivity index (χ0n) is 20.1. The number of rotatable bonds is 8. The molecule has 0 bridgehead atoms. The van der Waals surface area contributed by atoms with Crippen LogP contribution in [0.25, 0.3) is 22.3 Å². The number of anilines is 1. The number of nitrogens with zero attached hydrogens (tertiary/aromatic N) is 2. The molecule has 2 aliphatic rings. The molecule has 3 aromatic rings. The molecule has 0 unspecified atom stereocenters. The van der Waals surface area contributed by atoms with Crippen LogP contribution in [0, 0.1) is 5.92 Å². The predicted octanol–water partition coefficient (Wildman–Crippen LogP) is 4.36. The van der Waals surface area contributed by atoms with E-state index in [0.717, 1.165) is 47.4 Å². The van der Waals surface area contributed by atoms with Gasteiger partial charge in [-0.25, -0.2) is 0 Å². The lowest BCUT2D eigenvalue weighted by Gasteiger charge is -2.29. The third kappa shape index (κ3) is 3.49. The highest BCUT2D eigenvalue weighted by atomic mass is 16.5. The second-order valence-corrected chi connectivity index (χ2v) is 9.88. The summed E-state index contributed by atoms with van der Waals surface area (Å²) < 4.78 is 10.9. The maximum Gasteiger partial charge on any atom is 0.237 e. The molecule has 0 radical (unpaired) electrons. The normalized spacial score (nSPS) is 16.9. The first-order chi connectivity index (χ1) is 16.0. The highest BCUT2D eigenvalue weighted by molar-refractivity contribution is 6.11. The zero-order chi connectivity index (χ0) is 23.2. The Hall–Kier alpha value is -2.64. The third-order valence-corrected chi connectivity index (χ3v) is 7.33. The van der Waals surface area contributed by atoms with Crippen LogP contribution < -0.4 is 4.90 Å². The van der Waals surface area contributed by atoms with Gasteiger partial charge < -0.3 is 19.4 Å². The summed E-state index contributed by atoms with van der Waals surface area (Å²) in [5, 5.41) is 8.80. The standard InChI is InChI=1S/C26H34N4O3/c1-16(2)15-30-22-12-19-18-7-5-6-17-14-27-29-23(17)24(18)28-21(19)13-20(22)26(25(30)31,8-10-32-3)9-11-33-4/h12-14,16,28H,5-11,15H2,1-4H3,(H,27,29). The van der Waals surface area contributed by atoms with E-state index in [1.807, 2.05) is 11.1 Å². The van der Waals surface area contributed by atoms with Crippen molar-refractivity contribution in [3.05, 3.63) is 35.0 Å².